The zero-order valence-electron chi connectivity index (χ0n) is 16.2. The lowest BCUT2D eigenvalue weighted by Gasteiger charge is -2.21. The SMILES string of the molecule is Cc1cc(OCc2ccc(C#N)cc2)cc2c(CCC3CCNCC3)noc12. The third-order valence-electron chi connectivity index (χ3n) is 5.54. The van der Waals surface area contributed by atoms with Crippen LogP contribution in [0.3, 0.4) is 0 Å². The van der Waals surface area contributed by atoms with Crippen LogP contribution in [0.25, 0.3) is 11.0 Å². The number of piperidine rings is 1. The van der Waals surface area contributed by atoms with Crippen LogP contribution in [0.1, 0.15) is 41.6 Å². The molecule has 2 aromatic carbocycles. The van der Waals surface area contributed by atoms with E-state index in [-0.39, 0.29) is 0 Å². The van der Waals surface area contributed by atoms with Crippen molar-refractivity contribution in [3.05, 3.63) is 58.8 Å². The van der Waals surface area contributed by atoms with E-state index in [1.807, 2.05) is 43.3 Å². The largest absolute Gasteiger partial charge is 0.489 e. The number of aromatic nitrogens is 1. The van der Waals surface area contributed by atoms with Gasteiger partial charge in [-0.25, -0.2) is 0 Å². The topological polar surface area (TPSA) is 71.1 Å². The zero-order valence-corrected chi connectivity index (χ0v) is 16.2. The number of nitriles is 1. The van der Waals surface area contributed by atoms with Crippen LogP contribution in [0.4, 0.5) is 0 Å². The molecule has 28 heavy (non-hydrogen) atoms. The average Bonchev–Trinajstić information content (AvgIpc) is 3.15. The van der Waals surface area contributed by atoms with Crippen molar-refractivity contribution in [2.24, 2.45) is 5.92 Å². The normalized spacial score (nSPS) is 14.9. The van der Waals surface area contributed by atoms with Crippen LogP contribution in [-0.4, -0.2) is 18.2 Å². The van der Waals surface area contributed by atoms with Crippen LogP contribution in [0.15, 0.2) is 40.9 Å². The van der Waals surface area contributed by atoms with Crippen LogP contribution in [-0.2, 0) is 13.0 Å². The third-order valence-corrected chi connectivity index (χ3v) is 5.54. The predicted octanol–water partition coefficient (Wildman–Crippen LogP) is 4.52. The summed E-state index contributed by atoms with van der Waals surface area (Å²) in [6.07, 6.45) is 4.58. The van der Waals surface area contributed by atoms with Gasteiger partial charge in [0.25, 0.3) is 0 Å². The Morgan fingerprint density at radius 3 is 2.75 bits per heavy atom. The number of nitrogens with one attached hydrogen (secondary N) is 1. The highest BCUT2D eigenvalue weighted by Crippen LogP contribution is 2.30. The number of rotatable bonds is 6. The molecule has 1 fully saturated rings. The molecule has 1 aliphatic heterocycles. The fourth-order valence-corrected chi connectivity index (χ4v) is 3.84. The molecule has 0 saturated carbocycles. The fraction of sp³-hybridized carbons (Fsp3) is 0.391. The summed E-state index contributed by atoms with van der Waals surface area (Å²) in [4.78, 5) is 0. The minimum absolute atomic E-state index is 0.465. The summed E-state index contributed by atoms with van der Waals surface area (Å²) < 4.78 is 11.6. The molecule has 5 nitrogen and oxygen atoms in total. The highest BCUT2D eigenvalue weighted by molar-refractivity contribution is 5.84. The number of aryl methyl sites for hydroxylation is 2. The minimum atomic E-state index is 0.465. The van der Waals surface area contributed by atoms with E-state index >= 15 is 0 Å². The van der Waals surface area contributed by atoms with Crippen molar-refractivity contribution in [3.8, 4) is 11.8 Å². The summed E-state index contributed by atoms with van der Waals surface area (Å²) >= 11 is 0. The number of ether oxygens (including phenoxy) is 1. The second kappa shape index (κ2) is 8.45. The van der Waals surface area contributed by atoms with Crippen molar-refractivity contribution in [1.29, 1.82) is 5.26 Å². The molecule has 0 aliphatic carbocycles. The molecule has 2 heterocycles. The maximum absolute atomic E-state index is 8.90. The van der Waals surface area contributed by atoms with E-state index in [1.165, 1.54) is 12.8 Å². The fourth-order valence-electron chi connectivity index (χ4n) is 3.84. The van der Waals surface area contributed by atoms with Gasteiger partial charge in [-0.1, -0.05) is 17.3 Å². The van der Waals surface area contributed by atoms with Gasteiger partial charge in [-0.05, 0) is 87.0 Å². The molecular weight excluding hydrogens is 350 g/mol. The van der Waals surface area contributed by atoms with Gasteiger partial charge in [0, 0.05) is 5.39 Å². The Morgan fingerprint density at radius 1 is 1.21 bits per heavy atom. The van der Waals surface area contributed by atoms with Crippen LogP contribution in [0, 0.1) is 24.2 Å². The molecule has 1 aromatic heterocycles. The first-order valence-corrected chi connectivity index (χ1v) is 9.94. The maximum Gasteiger partial charge on any atom is 0.170 e. The van der Waals surface area contributed by atoms with Gasteiger partial charge in [0.2, 0.25) is 0 Å². The average molecular weight is 375 g/mol. The molecule has 0 amide bonds. The Morgan fingerprint density at radius 2 is 2.00 bits per heavy atom. The molecule has 144 valence electrons. The molecule has 1 N–H and O–H groups in total. The highest BCUT2D eigenvalue weighted by atomic mass is 16.5. The summed E-state index contributed by atoms with van der Waals surface area (Å²) in [5.41, 5.74) is 4.61. The lowest BCUT2D eigenvalue weighted by atomic mass is 9.92. The first kappa shape index (κ1) is 18.5. The molecule has 0 spiro atoms. The van der Waals surface area contributed by atoms with E-state index in [9.17, 15) is 0 Å². The predicted molar refractivity (Wildman–Crippen MR) is 108 cm³/mol. The van der Waals surface area contributed by atoms with Crippen LogP contribution in [0.5, 0.6) is 5.75 Å². The van der Waals surface area contributed by atoms with E-state index in [0.29, 0.717) is 12.2 Å². The lowest BCUT2D eigenvalue weighted by molar-refractivity contribution is 0.306. The van der Waals surface area contributed by atoms with Crippen molar-refractivity contribution >= 4 is 11.0 Å². The van der Waals surface area contributed by atoms with Crippen molar-refractivity contribution in [2.45, 2.75) is 39.2 Å². The van der Waals surface area contributed by atoms with Crippen LogP contribution >= 0.6 is 0 Å². The Bertz CT molecular complexity index is 979. The zero-order chi connectivity index (χ0) is 19.3. The third kappa shape index (κ3) is 4.18. The molecule has 0 bridgehead atoms. The van der Waals surface area contributed by atoms with Crippen LogP contribution < -0.4 is 10.1 Å². The highest BCUT2D eigenvalue weighted by Gasteiger charge is 2.17. The van der Waals surface area contributed by atoms with E-state index < -0.39 is 0 Å². The summed E-state index contributed by atoms with van der Waals surface area (Å²) in [6, 6.07) is 13.6. The van der Waals surface area contributed by atoms with E-state index in [2.05, 4.69) is 16.5 Å². The summed E-state index contributed by atoms with van der Waals surface area (Å²) in [7, 11) is 0. The lowest BCUT2D eigenvalue weighted by Crippen LogP contribution is -2.27. The Kier molecular flexibility index (Phi) is 5.59. The summed E-state index contributed by atoms with van der Waals surface area (Å²) in [6.45, 7) is 4.73. The van der Waals surface area contributed by atoms with Gasteiger partial charge in [0.1, 0.15) is 12.4 Å². The van der Waals surface area contributed by atoms with Crippen molar-refractivity contribution in [1.82, 2.24) is 10.5 Å². The van der Waals surface area contributed by atoms with Crippen molar-refractivity contribution < 1.29 is 9.26 Å². The molecule has 4 rings (SSSR count). The molecule has 5 heteroatoms. The number of hydrogen-bond acceptors (Lipinski definition) is 5. The molecule has 3 aromatic rings. The number of hydrogen-bond donors (Lipinski definition) is 1. The summed E-state index contributed by atoms with van der Waals surface area (Å²) in [5, 5.41) is 17.7. The van der Waals surface area contributed by atoms with Gasteiger partial charge in [0.05, 0.1) is 17.3 Å². The van der Waals surface area contributed by atoms with Crippen molar-refractivity contribution in [3.63, 3.8) is 0 Å². The number of nitrogens with zero attached hydrogens (tertiary/aromatic N) is 2. The molecule has 1 saturated heterocycles. The smallest absolute Gasteiger partial charge is 0.170 e. The van der Waals surface area contributed by atoms with E-state index in [1.54, 1.807) is 0 Å². The first-order chi connectivity index (χ1) is 13.7. The number of benzene rings is 2. The molecule has 0 radical (unpaired) electrons. The van der Waals surface area contributed by atoms with Gasteiger partial charge in [-0.15, -0.1) is 0 Å². The van der Waals surface area contributed by atoms with Gasteiger partial charge in [0.15, 0.2) is 5.58 Å². The Hall–Kier alpha value is -2.84. The second-order valence-corrected chi connectivity index (χ2v) is 7.58. The van der Waals surface area contributed by atoms with Gasteiger partial charge >= 0.3 is 0 Å². The van der Waals surface area contributed by atoms with Crippen molar-refractivity contribution in [2.75, 3.05) is 13.1 Å². The standard InChI is InChI=1S/C23H25N3O2/c1-16-12-20(27-15-19-4-2-18(14-24)3-5-19)13-21-22(26-28-23(16)21)7-6-17-8-10-25-11-9-17/h2-5,12-13,17,25H,6-11,15H2,1H3. The Labute approximate surface area is 165 Å². The van der Waals surface area contributed by atoms with Gasteiger partial charge in [-0.2, -0.15) is 5.26 Å². The van der Waals surface area contributed by atoms with Gasteiger partial charge < -0.3 is 14.6 Å². The van der Waals surface area contributed by atoms with Gasteiger partial charge in [-0.3, -0.25) is 0 Å². The van der Waals surface area contributed by atoms with E-state index in [4.69, 9.17) is 14.5 Å². The number of fused-ring (bicyclic) bond motifs is 1. The summed E-state index contributed by atoms with van der Waals surface area (Å²) in [5.74, 6) is 1.59. The molecule has 0 unspecified atom stereocenters. The Balaban J connectivity index is 1.47. The monoisotopic (exact) mass is 375 g/mol. The molecular formula is C23H25N3O2. The van der Waals surface area contributed by atoms with E-state index in [0.717, 1.165) is 65.4 Å². The maximum atomic E-state index is 8.90. The second-order valence-electron chi connectivity index (χ2n) is 7.58. The minimum Gasteiger partial charge on any atom is -0.489 e. The quantitative estimate of drug-likeness (QED) is 0.686. The van der Waals surface area contributed by atoms with Crippen LogP contribution in [0.2, 0.25) is 0 Å². The first-order valence-electron chi connectivity index (χ1n) is 9.94. The molecule has 0 atom stereocenters. The molecule has 1 aliphatic rings.